The van der Waals surface area contributed by atoms with Crippen LogP contribution in [0.3, 0.4) is 0 Å². The lowest BCUT2D eigenvalue weighted by molar-refractivity contribution is 0.386. The number of benzene rings is 1. The lowest BCUT2D eigenvalue weighted by Crippen LogP contribution is -2.14. The molecule has 0 fully saturated rings. The molecule has 0 saturated heterocycles. The van der Waals surface area contributed by atoms with Crippen LogP contribution in [0.25, 0.3) is 0 Å². The Morgan fingerprint density at radius 1 is 1.36 bits per heavy atom. The molecule has 2 radical (unpaired) electrons. The average Bonchev–Trinajstić information content (AvgIpc) is 2.01. The van der Waals surface area contributed by atoms with Gasteiger partial charge in [-0.05, 0) is 17.6 Å². The minimum atomic E-state index is -0.854. The smallest absolute Gasteiger partial charge is 0.160 e. The van der Waals surface area contributed by atoms with Gasteiger partial charge in [-0.2, -0.15) is 0 Å². The summed E-state index contributed by atoms with van der Waals surface area (Å²) in [7, 11) is 6.32. The van der Waals surface area contributed by atoms with Gasteiger partial charge in [0.2, 0.25) is 0 Å². The Labute approximate surface area is 64.4 Å². The molecule has 1 aromatic rings. The normalized spacial score (nSPS) is 9.73. The third-order valence-corrected chi connectivity index (χ3v) is 1.31. The van der Waals surface area contributed by atoms with Gasteiger partial charge in [0.05, 0.1) is 7.11 Å². The number of ether oxygens (including phenoxy) is 1. The summed E-state index contributed by atoms with van der Waals surface area (Å²) in [5.74, 6) is -1.68. The first kappa shape index (κ1) is 8.05. The molecule has 0 saturated carbocycles. The van der Waals surface area contributed by atoms with E-state index in [9.17, 15) is 8.78 Å². The highest BCUT2D eigenvalue weighted by atomic mass is 19.1. The molecule has 0 amide bonds. The number of hydrogen-bond donors (Lipinski definition) is 0. The van der Waals surface area contributed by atoms with Crippen LogP contribution in [0.15, 0.2) is 12.1 Å². The molecule has 0 spiro atoms. The zero-order chi connectivity index (χ0) is 8.43. The van der Waals surface area contributed by atoms with Crippen molar-refractivity contribution in [2.45, 2.75) is 0 Å². The molecule has 0 bridgehead atoms. The first-order chi connectivity index (χ1) is 5.16. The van der Waals surface area contributed by atoms with Crippen LogP contribution >= 0.6 is 0 Å². The van der Waals surface area contributed by atoms with Crippen molar-refractivity contribution in [1.29, 1.82) is 0 Å². The van der Waals surface area contributed by atoms with Crippen molar-refractivity contribution < 1.29 is 13.5 Å². The summed E-state index contributed by atoms with van der Waals surface area (Å²) in [4.78, 5) is 0. The maximum Gasteiger partial charge on any atom is 0.160 e. The van der Waals surface area contributed by atoms with E-state index in [1.165, 1.54) is 13.2 Å². The minimum Gasteiger partial charge on any atom is -0.494 e. The van der Waals surface area contributed by atoms with Gasteiger partial charge < -0.3 is 4.74 Å². The molecule has 0 aliphatic heterocycles. The van der Waals surface area contributed by atoms with Crippen molar-refractivity contribution in [1.82, 2.24) is 0 Å². The summed E-state index contributed by atoms with van der Waals surface area (Å²) in [5, 5.41) is 0. The zero-order valence-corrected chi connectivity index (χ0v) is 5.90. The van der Waals surface area contributed by atoms with E-state index in [1.54, 1.807) is 0 Å². The van der Waals surface area contributed by atoms with Crippen LogP contribution in [0.4, 0.5) is 8.78 Å². The molecule has 0 heterocycles. The highest BCUT2D eigenvalue weighted by Crippen LogP contribution is 2.13. The Hall–Kier alpha value is -1.06. The van der Waals surface area contributed by atoms with Gasteiger partial charge in [-0.15, -0.1) is 0 Å². The minimum absolute atomic E-state index is 0.0519. The highest BCUT2D eigenvalue weighted by molar-refractivity contribution is 6.32. The molecule has 0 aliphatic rings. The summed E-state index contributed by atoms with van der Waals surface area (Å²) >= 11 is 0. The van der Waals surface area contributed by atoms with Gasteiger partial charge in [0.15, 0.2) is 11.6 Å². The molecule has 56 valence electrons. The van der Waals surface area contributed by atoms with Crippen molar-refractivity contribution in [3.8, 4) is 5.75 Å². The molecule has 0 atom stereocenters. The van der Waals surface area contributed by atoms with Gasteiger partial charge >= 0.3 is 0 Å². The average molecular weight is 154 g/mol. The second kappa shape index (κ2) is 2.90. The number of methoxy groups -OCH3 is 1. The fraction of sp³-hybridized carbons (Fsp3) is 0.143. The van der Waals surface area contributed by atoms with E-state index in [0.29, 0.717) is 0 Å². The second-order valence-corrected chi connectivity index (χ2v) is 1.98. The summed E-state index contributed by atoms with van der Waals surface area (Å²) in [6.07, 6.45) is 0. The molecule has 1 nitrogen and oxygen atoms in total. The first-order valence-corrected chi connectivity index (χ1v) is 2.94. The monoisotopic (exact) mass is 154 g/mol. The Balaban J connectivity index is 3.25. The van der Waals surface area contributed by atoms with E-state index in [4.69, 9.17) is 7.85 Å². The van der Waals surface area contributed by atoms with Crippen LogP contribution in [-0.4, -0.2) is 15.0 Å². The maximum absolute atomic E-state index is 12.8. The van der Waals surface area contributed by atoms with Crippen molar-refractivity contribution in [2.75, 3.05) is 7.11 Å². The topological polar surface area (TPSA) is 9.23 Å². The van der Waals surface area contributed by atoms with Gasteiger partial charge in [-0.25, -0.2) is 8.78 Å². The standard InChI is InChI=1S/C7H5BF2O/c1-11-5-3-2-4(9)6(8)7(5)10/h2-3H,1H3. The number of halogens is 2. The van der Waals surface area contributed by atoms with Crippen molar-refractivity contribution >= 4 is 13.3 Å². The first-order valence-electron chi connectivity index (χ1n) is 2.94. The van der Waals surface area contributed by atoms with Gasteiger partial charge in [-0.3, -0.25) is 0 Å². The molecule has 0 aliphatic carbocycles. The molecule has 11 heavy (non-hydrogen) atoms. The number of rotatable bonds is 1. The van der Waals surface area contributed by atoms with E-state index in [-0.39, 0.29) is 5.75 Å². The summed E-state index contributed by atoms with van der Waals surface area (Å²) in [6.45, 7) is 0. The molecule has 0 aromatic heterocycles. The van der Waals surface area contributed by atoms with Crippen LogP contribution in [0.5, 0.6) is 5.75 Å². The lowest BCUT2D eigenvalue weighted by Gasteiger charge is -2.04. The molecule has 0 N–H and O–H groups in total. The van der Waals surface area contributed by atoms with Gasteiger partial charge in [-0.1, -0.05) is 0 Å². The van der Waals surface area contributed by atoms with Crippen LogP contribution in [-0.2, 0) is 0 Å². The van der Waals surface area contributed by atoms with Gasteiger partial charge in [0.1, 0.15) is 13.7 Å². The Bertz CT molecular complexity index is 275. The molecule has 0 unspecified atom stereocenters. The fourth-order valence-corrected chi connectivity index (χ4v) is 0.707. The lowest BCUT2D eigenvalue weighted by atomic mass is 9.94. The van der Waals surface area contributed by atoms with Crippen molar-refractivity contribution in [2.24, 2.45) is 0 Å². The predicted molar refractivity (Wildman–Crippen MR) is 38.3 cm³/mol. The van der Waals surface area contributed by atoms with Crippen molar-refractivity contribution in [3.63, 3.8) is 0 Å². The summed E-state index contributed by atoms with van der Waals surface area (Å²) in [6, 6.07) is 2.23. The SMILES string of the molecule is [B]c1c(F)ccc(OC)c1F. The Kier molecular flexibility index (Phi) is 2.12. The fourth-order valence-electron chi connectivity index (χ4n) is 0.707. The largest absolute Gasteiger partial charge is 0.494 e. The zero-order valence-electron chi connectivity index (χ0n) is 5.90. The van der Waals surface area contributed by atoms with E-state index >= 15 is 0 Å². The van der Waals surface area contributed by atoms with E-state index in [2.05, 4.69) is 4.74 Å². The number of hydrogen-bond acceptors (Lipinski definition) is 1. The van der Waals surface area contributed by atoms with Gasteiger partial charge in [0.25, 0.3) is 0 Å². The van der Waals surface area contributed by atoms with E-state index in [0.717, 1.165) is 6.07 Å². The molecular weight excluding hydrogens is 149 g/mol. The third-order valence-electron chi connectivity index (χ3n) is 1.31. The summed E-state index contributed by atoms with van der Waals surface area (Å²) in [5.41, 5.74) is -0.510. The van der Waals surface area contributed by atoms with Gasteiger partial charge in [0, 0.05) is 0 Å². The molecule has 1 aromatic carbocycles. The van der Waals surface area contributed by atoms with E-state index in [1.807, 2.05) is 0 Å². The van der Waals surface area contributed by atoms with Crippen LogP contribution in [0.2, 0.25) is 0 Å². The van der Waals surface area contributed by atoms with Crippen molar-refractivity contribution in [3.05, 3.63) is 23.8 Å². The third kappa shape index (κ3) is 1.34. The van der Waals surface area contributed by atoms with Crippen LogP contribution < -0.4 is 10.2 Å². The molecule has 1 rings (SSSR count). The molecular formula is C7H5BF2O. The predicted octanol–water partition coefficient (Wildman–Crippen LogP) is 0.767. The highest BCUT2D eigenvalue weighted by Gasteiger charge is 2.08. The van der Waals surface area contributed by atoms with Crippen LogP contribution in [0, 0.1) is 11.6 Å². The quantitative estimate of drug-likeness (QED) is 0.542. The maximum atomic E-state index is 12.8. The Morgan fingerprint density at radius 3 is 2.55 bits per heavy atom. The second-order valence-electron chi connectivity index (χ2n) is 1.98. The van der Waals surface area contributed by atoms with Crippen LogP contribution in [0.1, 0.15) is 0 Å². The Morgan fingerprint density at radius 2 is 2.00 bits per heavy atom. The molecule has 4 heteroatoms. The van der Waals surface area contributed by atoms with E-state index < -0.39 is 17.1 Å². The summed E-state index contributed by atoms with van der Waals surface area (Å²) < 4.78 is 29.8.